The molecule has 0 radical (unpaired) electrons. The molecule has 0 aromatic heterocycles. The Labute approximate surface area is 167 Å². The molecule has 0 bridgehead atoms. The minimum Gasteiger partial charge on any atom is -0.491 e. The van der Waals surface area contributed by atoms with Crippen LogP contribution in [0.25, 0.3) is 0 Å². The van der Waals surface area contributed by atoms with Crippen LogP contribution < -0.4 is 15.4 Å². The normalized spacial score (nSPS) is 10.3. The van der Waals surface area contributed by atoms with Gasteiger partial charge in [0.2, 0.25) is 0 Å². The quantitative estimate of drug-likeness (QED) is 0.516. The molecule has 0 saturated heterocycles. The minimum absolute atomic E-state index is 0.158. The zero-order valence-electron chi connectivity index (χ0n) is 14.1. The SMILES string of the molecule is CCOCCOc1ccc(NC(=S)NC(=O)c2ccc(Cl)cc2Cl)cc1. The van der Waals surface area contributed by atoms with E-state index in [-0.39, 0.29) is 10.1 Å². The predicted octanol–water partition coefficient (Wildman–Crippen LogP) is 4.54. The van der Waals surface area contributed by atoms with Gasteiger partial charge in [0.15, 0.2) is 5.11 Å². The lowest BCUT2D eigenvalue weighted by Crippen LogP contribution is -2.34. The van der Waals surface area contributed by atoms with E-state index in [0.29, 0.717) is 30.4 Å². The molecular formula is C18H18Cl2N2O3S. The van der Waals surface area contributed by atoms with Crippen molar-refractivity contribution >= 4 is 52.1 Å². The number of rotatable bonds is 7. The van der Waals surface area contributed by atoms with Crippen molar-refractivity contribution in [2.24, 2.45) is 0 Å². The average molecular weight is 413 g/mol. The van der Waals surface area contributed by atoms with E-state index >= 15 is 0 Å². The largest absolute Gasteiger partial charge is 0.491 e. The minimum atomic E-state index is -0.417. The molecule has 8 heteroatoms. The molecule has 138 valence electrons. The summed E-state index contributed by atoms with van der Waals surface area (Å²) in [4.78, 5) is 12.2. The van der Waals surface area contributed by atoms with Crippen LogP contribution in [0.3, 0.4) is 0 Å². The van der Waals surface area contributed by atoms with Crippen LogP contribution in [-0.2, 0) is 4.74 Å². The molecule has 0 aliphatic rings. The summed E-state index contributed by atoms with van der Waals surface area (Å²) >= 11 is 17.0. The number of carbonyl (C=O) groups is 1. The number of hydrogen-bond donors (Lipinski definition) is 2. The molecule has 0 saturated carbocycles. The van der Waals surface area contributed by atoms with Crippen molar-refractivity contribution in [1.29, 1.82) is 0 Å². The highest BCUT2D eigenvalue weighted by Crippen LogP contribution is 2.21. The Kier molecular flexibility index (Phi) is 8.12. The molecule has 0 unspecified atom stereocenters. The highest BCUT2D eigenvalue weighted by molar-refractivity contribution is 7.80. The maximum absolute atomic E-state index is 12.2. The molecule has 2 rings (SSSR count). The Morgan fingerprint density at radius 3 is 2.50 bits per heavy atom. The third kappa shape index (κ3) is 6.46. The summed E-state index contributed by atoms with van der Waals surface area (Å²) in [5.74, 6) is 0.304. The summed E-state index contributed by atoms with van der Waals surface area (Å²) in [6.07, 6.45) is 0. The maximum atomic E-state index is 12.2. The lowest BCUT2D eigenvalue weighted by Gasteiger charge is -2.11. The number of hydrogen-bond acceptors (Lipinski definition) is 4. The Hall–Kier alpha value is -1.86. The number of halogens is 2. The van der Waals surface area contributed by atoms with Crippen LogP contribution in [0.4, 0.5) is 5.69 Å². The first-order valence-electron chi connectivity index (χ1n) is 7.87. The summed E-state index contributed by atoms with van der Waals surface area (Å²) in [7, 11) is 0. The van der Waals surface area contributed by atoms with Gasteiger partial charge in [-0.15, -0.1) is 0 Å². The summed E-state index contributed by atoms with van der Waals surface area (Å²) in [6.45, 7) is 3.62. The van der Waals surface area contributed by atoms with Crippen molar-refractivity contribution in [1.82, 2.24) is 5.32 Å². The van der Waals surface area contributed by atoms with E-state index in [0.717, 1.165) is 11.4 Å². The molecule has 2 N–H and O–H groups in total. The van der Waals surface area contributed by atoms with E-state index in [2.05, 4.69) is 10.6 Å². The van der Waals surface area contributed by atoms with E-state index < -0.39 is 5.91 Å². The second-order valence-electron chi connectivity index (χ2n) is 5.10. The van der Waals surface area contributed by atoms with Gasteiger partial charge in [-0.05, 0) is 61.6 Å². The van der Waals surface area contributed by atoms with Crippen LogP contribution in [0, 0.1) is 0 Å². The molecule has 1 amide bonds. The fourth-order valence-corrected chi connectivity index (χ4v) is 2.71. The molecule has 0 spiro atoms. The van der Waals surface area contributed by atoms with E-state index in [1.165, 1.54) is 12.1 Å². The standard InChI is InChI=1S/C18H18Cl2N2O3S/c1-2-24-9-10-25-14-6-4-13(5-7-14)21-18(26)22-17(23)15-8-3-12(19)11-16(15)20/h3-8,11H,2,9-10H2,1H3,(H2,21,22,23,26). The van der Waals surface area contributed by atoms with Gasteiger partial charge in [0, 0.05) is 17.3 Å². The fraction of sp³-hybridized carbons (Fsp3) is 0.222. The van der Waals surface area contributed by atoms with Gasteiger partial charge in [-0.25, -0.2) is 0 Å². The van der Waals surface area contributed by atoms with E-state index in [1.807, 2.05) is 6.92 Å². The topological polar surface area (TPSA) is 59.6 Å². The Morgan fingerprint density at radius 2 is 1.85 bits per heavy atom. The monoisotopic (exact) mass is 412 g/mol. The van der Waals surface area contributed by atoms with Crippen LogP contribution in [-0.4, -0.2) is 30.8 Å². The van der Waals surface area contributed by atoms with Crippen LogP contribution in [0.1, 0.15) is 17.3 Å². The Balaban J connectivity index is 1.86. The molecule has 0 fully saturated rings. The second-order valence-corrected chi connectivity index (χ2v) is 6.35. The van der Waals surface area contributed by atoms with Crippen molar-refractivity contribution in [2.75, 3.05) is 25.1 Å². The predicted molar refractivity (Wildman–Crippen MR) is 109 cm³/mol. The van der Waals surface area contributed by atoms with Gasteiger partial charge in [0.25, 0.3) is 5.91 Å². The van der Waals surface area contributed by atoms with Gasteiger partial charge in [0.05, 0.1) is 17.2 Å². The van der Waals surface area contributed by atoms with Gasteiger partial charge in [-0.3, -0.25) is 10.1 Å². The fourth-order valence-electron chi connectivity index (χ4n) is 2.00. The molecular weight excluding hydrogens is 395 g/mol. The second kappa shape index (κ2) is 10.3. The highest BCUT2D eigenvalue weighted by Gasteiger charge is 2.12. The first-order valence-corrected chi connectivity index (χ1v) is 9.04. The number of amides is 1. The highest BCUT2D eigenvalue weighted by atomic mass is 35.5. The van der Waals surface area contributed by atoms with Crippen LogP contribution in [0.5, 0.6) is 5.75 Å². The van der Waals surface area contributed by atoms with E-state index in [9.17, 15) is 4.79 Å². The van der Waals surface area contributed by atoms with Crippen molar-refractivity contribution in [3.8, 4) is 5.75 Å². The van der Waals surface area contributed by atoms with Gasteiger partial charge >= 0.3 is 0 Å². The number of ether oxygens (including phenoxy) is 2. The number of anilines is 1. The number of nitrogens with one attached hydrogen (secondary N) is 2. The van der Waals surface area contributed by atoms with Crippen LogP contribution in [0.15, 0.2) is 42.5 Å². The smallest absolute Gasteiger partial charge is 0.258 e. The third-order valence-corrected chi connectivity index (χ3v) is 3.97. The van der Waals surface area contributed by atoms with Crippen molar-refractivity contribution in [3.05, 3.63) is 58.1 Å². The van der Waals surface area contributed by atoms with Crippen LogP contribution >= 0.6 is 35.4 Å². The average Bonchev–Trinajstić information content (AvgIpc) is 2.60. The molecule has 0 atom stereocenters. The van der Waals surface area contributed by atoms with Crippen molar-refractivity contribution < 1.29 is 14.3 Å². The Bertz CT molecular complexity index is 770. The van der Waals surface area contributed by atoms with E-state index in [4.69, 9.17) is 44.9 Å². The number of thiocarbonyl (C=S) groups is 1. The first kappa shape index (κ1) is 20.5. The summed E-state index contributed by atoms with van der Waals surface area (Å²) in [5.41, 5.74) is 1.01. The molecule has 0 aliphatic carbocycles. The molecule has 0 aliphatic heterocycles. The number of carbonyl (C=O) groups excluding carboxylic acids is 1. The van der Waals surface area contributed by atoms with Gasteiger partial charge in [-0.1, -0.05) is 23.2 Å². The molecule has 2 aromatic rings. The zero-order valence-corrected chi connectivity index (χ0v) is 16.4. The first-order chi connectivity index (χ1) is 12.5. The van der Waals surface area contributed by atoms with Crippen molar-refractivity contribution in [2.45, 2.75) is 6.92 Å². The number of benzene rings is 2. The van der Waals surface area contributed by atoms with Gasteiger partial charge in [0.1, 0.15) is 12.4 Å². The van der Waals surface area contributed by atoms with E-state index in [1.54, 1.807) is 30.3 Å². The molecule has 26 heavy (non-hydrogen) atoms. The van der Waals surface area contributed by atoms with Crippen LogP contribution in [0.2, 0.25) is 10.0 Å². The van der Waals surface area contributed by atoms with Crippen molar-refractivity contribution in [3.63, 3.8) is 0 Å². The van der Waals surface area contributed by atoms with Gasteiger partial charge in [-0.2, -0.15) is 0 Å². The molecule has 2 aromatic carbocycles. The lowest BCUT2D eigenvalue weighted by molar-refractivity contribution is 0.0978. The lowest BCUT2D eigenvalue weighted by atomic mass is 10.2. The molecule has 5 nitrogen and oxygen atoms in total. The third-order valence-electron chi connectivity index (χ3n) is 3.22. The maximum Gasteiger partial charge on any atom is 0.258 e. The summed E-state index contributed by atoms with van der Waals surface area (Å²) in [5, 5.41) is 6.37. The molecule has 0 heterocycles. The Morgan fingerprint density at radius 1 is 1.12 bits per heavy atom. The summed E-state index contributed by atoms with van der Waals surface area (Å²) in [6, 6.07) is 11.8. The summed E-state index contributed by atoms with van der Waals surface area (Å²) < 4.78 is 10.7. The zero-order chi connectivity index (χ0) is 18.9. The van der Waals surface area contributed by atoms with Gasteiger partial charge < -0.3 is 14.8 Å².